The fourth-order valence-corrected chi connectivity index (χ4v) is 5.28. The van der Waals surface area contributed by atoms with Crippen molar-refractivity contribution in [2.45, 2.75) is 33.6 Å². The predicted molar refractivity (Wildman–Crippen MR) is 132 cm³/mol. The third kappa shape index (κ3) is 2.80. The first-order valence-corrected chi connectivity index (χ1v) is 11.1. The summed E-state index contributed by atoms with van der Waals surface area (Å²) in [5.74, 6) is 0. The van der Waals surface area contributed by atoms with Crippen molar-refractivity contribution in [3.05, 3.63) is 117 Å². The molecule has 3 aliphatic rings. The molecule has 3 aromatic rings. The van der Waals surface area contributed by atoms with Gasteiger partial charge < -0.3 is 0 Å². The largest absolute Gasteiger partial charge is 0.247 e. The minimum absolute atomic E-state index is 1.00. The van der Waals surface area contributed by atoms with Gasteiger partial charge in [0.25, 0.3) is 0 Å². The van der Waals surface area contributed by atoms with Gasteiger partial charge >= 0.3 is 0 Å². The molecule has 0 amide bonds. The van der Waals surface area contributed by atoms with E-state index in [0.717, 1.165) is 24.2 Å². The fraction of sp³-hybridized carbons (Fsp3) is 0.167. The Kier molecular flexibility index (Phi) is 4.01. The molecule has 1 heteroatoms. The molecule has 0 saturated carbocycles. The number of hydrogen-bond donors (Lipinski definition) is 0. The Balaban J connectivity index is 1.44. The molecule has 1 nitrogen and oxygen atoms in total. The Bertz CT molecular complexity index is 1380. The van der Waals surface area contributed by atoms with Crippen LogP contribution in [0, 0.1) is 6.92 Å². The van der Waals surface area contributed by atoms with Crippen LogP contribution in [0.5, 0.6) is 0 Å². The Hall–Kier alpha value is -3.45. The number of allylic oxidation sites excluding steroid dienone is 5. The van der Waals surface area contributed by atoms with Crippen molar-refractivity contribution in [3.63, 3.8) is 0 Å². The maximum Gasteiger partial charge on any atom is 0.0754 e. The molecule has 0 N–H and O–H groups in total. The topological polar surface area (TPSA) is 12.4 Å². The zero-order valence-corrected chi connectivity index (χ0v) is 18.3. The molecule has 2 aliphatic carbocycles. The van der Waals surface area contributed by atoms with Crippen molar-refractivity contribution in [2.24, 2.45) is 4.99 Å². The molecular formula is C30H25N. The third-order valence-electron chi connectivity index (χ3n) is 7.05. The maximum atomic E-state index is 5.07. The van der Waals surface area contributed by atoms with Gasteiger partial charge in [0.05, 0.1) is 11.4 Å². The average Bonchev–Trinajstić information content (AvgIpc) is 3.42. The second-order valence-corrected chi connectivity index (χ2v) is 8.98. The summed E-state index contributed by atoms with van der Waals surface area (Å²) < 4.78 is 0. The van der Waals surface area contributed by atoms with Gasteiger partial charge in [0.2, 0.25) is 0 Å². The number of nitrogens with zero attached hydrogens (tertiary/aromatic N) is 1. The number of aliphatic imine (C=N–C) groups is 1. The first kappa shape index (κ1) is 18.3. The lowest BCUT2D eigenvalue weighted by atomic mass is 9.90. The molecule has 0 unspecified atom stereocenters. The molecule has 3 aromatic carbocycles. The van der Waals surface area contributed by atoms with Crippen LogP contribution in [-0.2, 0) is 12.8 Å². The quantitative estimate of drug-likeness (QED) is 0.432. The molecule has 0 atom stereocenters. The van der Waals surface area contributed by atoms with E-state index in [-0.39, 0.29) is 0 Å². The van der Waals surface area contributed by atoms with E-state index in [1.54, 1.807) is 0 Å². The molecule has 150 valence electrons. The Morgan fingerprint density at radius 3 is 2.39 bits per heavy atom. The SMILES string of the molecule is CC1=C(C)C(c2ccccc2)=C2C1=Nc1cc(C)c(CC3=Cc4ccccc4C3)cc12. The lowest BCUT2D eigenvalue weighted by molar-refractivity contribution is 1.06. The van der Waals surface area contributed by atoms with Gasteiger partial charge in [-0.25, -0.2) is 4.99 Å². The highest BCUT2D eigenvalue weighted by molar-refractivity contribution is 6.45. The number of fused-ring (bicyclic) bond motifs is 4. The summed E-state index contributed by atoms with van der Waals surface area (Å²) in [6.07, 6.45) is 4.44. The highest BCUT2D eigenvalue weighted by Crippen LogP contribution is 2.49. The van der Waals surface area contributed by atoms with E-state index < -0.39 is 0 Å². The standard InChI is InChI=1S/C30H25N/c1-18-13-27-26(17-25(18)16-21-14-23-11-7-8-12-24(23)15-21)29-28(22-9-5-4-6-10-22)19(2)20(3)30(29)31-27/h4-14,17H,15-16H2,1-3H3. The normalized spacial score (nSPS) is 16.4. The van der Waals surface area contributed by atoms with Crippen LogP contribution in [0.1, 0.15) is 47.2 Å². The van der Waals surface area contributed by atoms with Crippen molar-refractivity contribution in [1.82, 2.24) is 0 Å². The molecule has 31 heavy (non-hydrogen) atoms. The monoisotopic (exact) mass is 399 g/mol. The van der Waals surface area contributed by atoms with Crippen LogP contribution in [0.4, 0.5) is 5.69 Å². The van der Waals surface area contributed by atoms with Gasteiger partial charge in [0.15, 0.2) is 0 Å². The van der Waals surface area contributed by atoms with E-state index >= 15 is 0 Å². The lowest BCUT2D eigenvalue weighted by Gasteiger charge is -2.13. The smallest absolute Gasteiger partial charge is 0.0754 e. The Labute approximate surface area is 184 Å². The first-order valence-electron chi connectivity index (χ1n) is 11.1. The minimum Gasteiger partial charge on any atom is -0.247 e. The number of hydrogen-bond acceptors (Lipinski definition) is 1. The van der Waals surface area contributed by atoms with Crippen molar-refractivity contribution in [2.75, 3.05) is 0 Å². The molecule has 0 aromatic heterocycles. The zero-order chi connectivity index (χ0) is 21.1. The molecule has 0 spiro atoms. The summed E-state index contributed by atoms with van der Waals surface area (Å²) in [6.45, 7) is 6.68. The Morgan fingerprint density at radius 2 is 1.58 bits per heavy atom. The predicted octanol–water partition coefficient (Wildman–Crippen LogP) is 7.52. The van der Waals surface area contributed by atoms with Gasteiger partial charge in [-0.05, 0) is 90.3 Å². The van der Waals surface area contributed by atoms with Crippen LogP contribution in [-0.4, -0.2) is 5.71 Å². The van der Waals surface area contributed by atoms with Crippen LogP contribution < -0.4 is 0 Å². The van der Waals surface area contributed by atoms with E-state index in [1.165, 1.54) is 61.2 Å². The molecule has 1 aliphatic heterocycles. The Morgan fingerprint density at radius 1 is 0.806 bits per heavy atom. The van der Waals surface area contributed by atoms with Gasteiger partial charge in [-0.3, -0.25) is 0 Å². The lowest BCUT2D eigenvalue weighted by Crippen LogP contribution is -1.98. The van der Waals surface area contributed by atoms with Gasteiger partial charge in [-0.15, -0.1) is 0 Å². The maximum absolute atomic E-state index is 5.07. The highest BCUT2D eigenvalue weighted by Gasteiger charge is 2.33. The summed E-state index contributed by atoms with van der Waals surface area (Å²) >= 11 is 0. The second kappa shape index (κ2) is 6.78. The molecule has 6 rings (SSSR count). The first-order chi connectivity index (χ1) is 15.1. The molecule has 1 heterocycles. The van der Waals surface area contributed by atoms with Crippen LogP contribution in [0.25, 0.3) is 17.2 Å². The van der Waals surface area contributed by atoms with Crippen molar-refractivity contribution >= 4 is 28.6 Å². The van der Waals surface area contributed by atoms with Gasteiger partial charge in [0, 0.05) is 11.1 Å². The van der Waals surface area contributed by atoms with Crippen molar-refractivity contribution in [1.29, 1.82) is 0 Å². The number of rotatable bonds is 3. The van der Waals surface area contributed by atoms with Gasteiger partial charge in [-0.2, -0.15) is 0 Å². The van der Waals surface area contributed by atoms with Crippen LogP contribution in [0.2, 0.25) is 0 Å². The molecular weight excluding hydrogens is 374 g/mol. The third-order valence-corrected chi connectivity index (χ3v) is 7.05. The van der Waals surface area contributed by atoms with Crippen LogP contribution in [0.15, 0.2) is 88.4 Å². The van der Waals surface area contributed by atoms with Gasteiger partial charge in [-0.1, -0.05) is 66.2 Å². The fourth-order valence-electron chi connectivity index (χ4n) is 5.28. The van der Waals surface area contributed by atoms with Gasteiger partial charge in [0.1, 0.15) is 0 Å². The second-order valence-electron chi connectivity index (χ2n) is 8.98. The van der Waals surface area contributed by atoms with Crippen LogP contribution >= 0.6 is 0 Å². The summed E-state index contributed by atoms with van der Waals surface area (Å²) in [5, 5.41) is 0. The summed E-state index contributed by atoms with van der Waals surface area (Å²) in [4.78, 5) is 5.07. The van der Waals surface area contributed by atoms with E-state index in [4.69, 9.17) is 4.99 Å². The van der Waals surface area contributed by atoms with E-state index in [2.05, 4.69) is 93.6 Å². The average molecular weight is 400 g/mol. The molecule has 0 radical (unpaired) electrons. The molecule has 0 fully saturated rings. The highest BCUT2D eigenvalue weighted by atomic mass is 14.8. The van der Waals surface area contributed by atoms with E-state index in [1.807, 2.05) is 0 Å². The summed E-state index contributed by atoms with van der Waals surface area (Å²) in [6, 6.07) is 24.2. The summed E-state index contributed by atoms with van der Waals surface area (Å²) in [7, 11) is 0. The van der Waals surface area contributed by atoms with E-state index in [0.29, 0.717) is 0 Å². The summed E-state index contributed by atoms with van der Waals surface area (Å²) in [5.41, 5.74) is 17.2. The van der Waals surface area contributed by atoms with Crippen molar-refractivity contribution in [3.8, 4) is 0 Å². The molecule has 0 saturated heterocycles. The molecule has 0 bridgehead atoms. The minimum atomic E-state index is 1.00. The number of benzene rings is 3. The van der Waals surface area contributed by atoms with E-state index in [9.17, 15) is 0 Å². The number of aryl methyl sites for hydroxylation is 1. The zero-order valence-electron chi connectivity index (χ0n) is 18.3. The van der Waals surface area contributed by atoms with Crippen molar-refractivity contribution < 1.29 is 0 Å². The van der Waals surface area contributed by atoms with Crippen LogP contribution in [0.3, 0.4) is 0 Å².